The van der Waals surface area contributed by atoms with Crippen LogP contribution >= 0.6 is 0 Å². The van der Waals surface area contributed by atoms with E-state index in [4.69, 9.17) is 9.47 Å². The minimum atomic E-state index is -4.31. The highest BCUT2D eigenvalue weighted by atomic mass is 32.2. The lowest BCUT2D eigenvalue weighted by Crippen LogP contribution is -2.36. The number of ether oxygens (including phenoxy) is 2. The van der Waals surface area contributed by atoms with Crippen molar-refractivity contribution in [2.45, 2.75) is 31.8 Å². The second-order valence-corrected chi connectivity index (χ2v) is 11.2. The first-order valence-electron chi connectivity index (χ1n) is 12.3. The number of hydrogen-bond donors (Lipinski definition) is 2. The minimum Gasteiger partial charge on any atom is -0.497 e. The first kappa shape index (κ1) is 28.4. The average molecular weight is 564 g/mol. The molecular weight excluding hydrogens is 534 g/mol. The quantitative estimate of drug-likeness (QED) is 0.267. The number of nitrogens with zero attached hydrogens (tertiary/aromatic N) is 1. The molecule has 4 aromatic carbocycles. The standard InChI is InChI=1S/C30H29NO8S/c1-18-15-19(2)29(20(3)16-18)40(36,37)31(17-27(32)33)25-13-14-26(24-8-6-5-7-23(24)25)39-28(30(34)35)21-9-11-22(38-4)12-10-21/h5-16,28H,17H2,1-4H3,(H,32,33)(H,34,35). The van der Waals surface area contributed by atoms with Gasteiger partial charge in [-0.1, -0.05) is 54.1 Å². The average Bonchev–Trinajstić information content (AvgIpc) is 2.89. The van der Waals surface area contributed by atoms with Crippen LogP contribution in [0.2, 0.25) is 0 Å². The van der Waals surface area contributed by atoms with Crippen molar-refractivity contribution in [2.75, 3.05) is 18.0 Å². The molecule has 9 nitrogen and oxygen atoms in total. The van der Waals surface area contributed by atoms with E-state index in [1.807, 2.05) is 6.92 Å². The van der Waals surface area contributed by atoms with Crippen LogP contribution in [0.5, 0.6) is 11.5 Å². The van der Waals surface area contributed by atoms with E-state index in [2.05, 4.69) is 0 Å². The van der Waals surface area contributed by atoms with Gasteiger partial charge in [-0.15, -0.1) is 0 Å². The molecule has 40 heavy (non-hydrogen) atoms. The van der Waals surface area contributed by atoms with Gasteiger partial charge in [0.1, 0.15) is 18.0 Å². The van der Waals surface area contributed by atoms with Crippen LogP contribution < -0.4 is 13.8 Å². The van der Waals surface area contributed by atoms with Gasteiger partial charge in [-0.3, -0.25) is 9.10 Å². The third-order valence-electron chi connectivity index (χ3n) is 6.45. The van der Waals surface area contributed by atoms with Crippen LogP contribution in [-0.2, 0) is 19.6 Å². The van der Waals surface area contributed by atoms with Gasteiger partial charge >= 0.3 is 11.9 Å². The third kappa shape index (κ3) is 5.57. The van der Waals surface area contributed by atoms with E-state index in [0.29, 0.717) is 33.2 Å². The van der Waals surface area contributed by atoms with E-state index in [-0.39, 0.29) is 16.3 Å². The van der Waals surface area contributed by atoms with Gasteiger partial charge < -0.3 is 19.7 Å². The fourth-order valence-electron chi connectivity index (χ4n) is 4.85. The molecule has 0 fully saturated rings. The molecule has 0 aliphatic rings. The maximum absolute atomic E-state index is 14.0. The Labute approximate surface area is 232 Å². The molecule has 0 spiro atoms. The number of anilines is 1. The van der Waals surface area contributed by atoms with E-state index in [1.165, 1.54) is 19.2 Å². The number of carbonyl (C=O) groups is 2. The maximum Gasteiger partial charge on any atom is 0.349 e. The van der Waals surface area contributed by atoms with Crippen molar-refractivity contribution < 1.29 is 37.7 Å². The van der Waals surface area contributed by atoms with E-state index >= 15 is 0 Å². The first-order chi connectivity index (χ1) is 18.9. The Bertz CT molecular complexity index is 1670. The molecule has 208 valence electrons. The van der Waals surface area contributed by atoms with Gasteiger partial charge in [0.2, 0.25) is 6.10 Å². The molecule has 0 saturated heterocycles. The summed E-state index contributed by atoms with van der Waals surface area (Å²) in [6.45, 7) is 4.38. The van der Waals surface area contributed by atoms with E-state index in [0.717, 1.165) is 9.87 Å². The fraction of sp³-hybridized carbons (Fsp3) is 0.200. The van der Waals surface area contributed by atoms with Crippen LogP contribution in [0, 0.1) is 20.8 Å². The molecule has 0 bridgehead atoms. The number of rotatable bonds is 10. The van der Waals surface area contributed by atoms with Gasteiger partial charge in [-0.05, 0) is 56.2 Å². The fourth-order valence-corrected chi connectivity index (χ4v) is 6.70. The second kappa shape index (κ2) is 11.3. The highest BCUT2D eigenvalue weighted by molar-refractivity contribution is 7.93. The van der Waals surface area contributed by atoms with Gasteiger partial charge in [0, 0.05) is 16.3 Å². The predicted octanol–water partition coefficient (Wildman–Crippen LogP) is 5.26. The zero-order valence-corrected chi connectivity index (χ0v) is 23.2. The maximum atomic E-state index is 14.0. The van der Waals surface area contributed by atoms with Crippen LogP contribution in [0.25, 0.3) is 10.8 Å². The number of hydrogen-bond acceptors (Lipinski definition) is 6. The summed E-state index contributed by atoms with van der Waals surface area (Å²) in [7, 11) is -2.81. The largest absolute Gasteiger partial charge is 0.497 e. The number of carboxylic acid groups (broad SMARTS) is 2. The Balaban J connectivity index is 1.86. The molecule has 4 aromatic rings. The molecule has 1 atom stereocenters. The predicted molar refractivity (Wildman–Crippen MR) is 151 cm³/mol. The van der Waals surface area contributed by atoms with Gasteiger partial charge in [0.25, 0.3) is 10.0 Å². The van der Waals surface area contributed by atoms with E-state index in [9.17, 15) is 28.2 Å². The Morgan fingerprint density at radius 3 is 2.02 bits per heavy atom. The topological polar surface area (TPSA) is 130 Å². The zero-order chi connectivity index (χ0) is 29.2. The van der Waals surface area contributed by atoms with E-state index < -0.39 is 34.6 Å². The van der Waals surface area contributed by atoms with Crippen molar-refractivity contribution in [3.63, 3.8) is 0 Å². The van der Waals surface area contributed by atoms with Crippen molar-refractivity contribution >= 4 is 38.4 Å². The molecule has 0 heterocycles. The minimum absolute atomic E-state index is 0.0363. The monoisotopic (exact) mass is 563 g/mol. The summed E-state index contributed by atoms with van der Waals surface area (Å²) < 4.78 is 40.0. The number of aliphatic carboxylic acids is 2. The summed E-state index contributed by atoms with van der Waals surface area (Å²) in [5.74, 6) is -1.81. The van der Waals surface area contributed by atoms with Crippen LogP contribution in [-0.4, -0.2) is 44.2 Å². The summed E-state index contributed by atoms with van der Waals surface area (Å²) in [6, 6.07) is 19.5. The molecule has 10 heteroatoms. The van der Waals surface area contributed by atoms with E-state index in [1.54, 1.807) is 74.5 Å². The lowest BCUT2D eigenvalue weighted by molar-refractivity contribution is -0.145. The molecular formula is C30H29NO8S. The van der Waals surface area contributed by atoms with Gasteiger partial charge in [-0.2, -0.15) is 0 Å². The number of fused-ring (bicyclic) bond motifs is 1. The van der Waals surface area contributed by atoms with Gasteiger partial charge in [0.05, 0.1) is 17.7 Å². The molecule has 2 N–H and O–H groups in total. The molecule has 0 aromatic heterocycles. The highest BCUT2D eigenvalue weighted by Gasteiger charge is 2.32. The number of benzene rings is 4. The van der Waals surface area contributed by atoms with Gasteiger partial charge in [0.15, 0.2) is 0 Å². The summed E-state index contributed by atoms with van der Waals surface area (Å²) in [4.78, 5) is 24.1. The Kier molecular flexibility index (Phi) is 8.01. The zero-order valence-electron chi connectivity index (χ0n) is 22.4. The summed E-state index contributed by atoms with van der Waals surface area (Å²) >= 11 is 0. The van der Waals surface area contributed by atoms with Crippen LogP contribution in [0.15, 0.2) is 77.7 Å². The number of carboxylic acids is 2. The Hall–Kier alpha value is -4.57. The van der Waals surface area contributed by atoms with Gasteiger partial charge in [-0.25, -0.2) is 13.2 Å². The van der Waals surface area contributed by atoms with Crippen LogP contribution in [0.1, 0.15) is 28.4 Å². The number of methoxy groups -OCH3 is 1. The van der Waals surface area contributed by atoms with Crippen molar-refractivity contribution in [2.24, 2.45) is 0 Å². The van der Waals surface area contributed by atoms with Crippen molar-refractivity contribution in [3.8, 4) is 11.5 Å². The lowest BCUT2D eigenvalue weighted by Gasteiger charge is -2.27. The Morgan fingerprint density at radius 1 is 0.875 bits per heavy atom. The summed E-state index contributed by atoms with van der Waals surface area (Å²) in [5, 5.41) is 20.4. The Morgan fingerprint density at radius 2 is 1.48 bits per heavy atom. The molecule has 4 rings (SSSR count). The SMILES string of the molecule is COc1ccc(C(Oc2ccc(N(CC(=O)O)S(=O)(=O)c3c(C)cc(C)cc3C)c3ccccc23)C(=O)O)cc1. The molecule has 0 aliphatic carbocycles. The molecule has 0 radical (unpaired) electrons. The highest BCUT2D eigenvalue weighted by Crippen LogP contribution is 2.39. The molecule has 0 saturated carbocycles. The molecule has 1 unspecified atom stereocenters. The molecule has 0 aliphatic heterocycles. The number of sulfonamides is 1. The second-order valence-electron chi connectivity index (χ2n) is 9.37. The van der Waals surface area contributed by atoms with Crippen LogP contribution in [0.4, 0.5) is 5.69 Å². The summed E-state index contributed by atoms with van der Waals surface area (Å²) in [6.07, 6.45) is -1.36. The third-order valence-corrected chi connectivity index (χ3v) is 8.51. The molecule has 0 amide bonds. The summed E-state index contributed by atoms with van der Waals surface area (Å²) in [5.41, 5.74) is 2.39. The number of aryl methyl sites for hydroxylation is 3. The van der Waals surface area contributed by atoms with Crippen LogP contribution in [0.3, 0.4) is 0 Å². The lowest BCUT2D eigenvalue weighted by atomic mass is 10.1. The first-order valence-corrected chi connectivity index (χ1v) is 13.8. The smallest absolute Gasteiger partial charge is 0.349 e. The van der Waals surface area contributed by atoms with Crippen molar-refractivity contribution in [3.05, 3.63) is 95.1 Å². The normalized spacial score (nSPS) is 12.1. The van der Waals surface area contributed by atoms with Crippen molar-refractivity contribution in [1.29, 1.82) is 0 Å². The van der Waals surface area contributed by atoms with Crippen molar-refractivity contribution in [1.82, 2.24) is 0 Å².